The number of hydrogen-bond acceptors (Lipinski definition) is 2. The first kappa shape index (κ1) is 14.6. The first-order valence-corrected chi connectivity index (χ1v) is 6.43. The smallest absolute Gasteiger partial charge is 0.304 e. The molecule has 18 heavy (non-hydrogen) atoms. The minimum absolute atomic E-state index is 0.357. The Morgan fingerprint density at radius 2 is 2.17 bits per heavy atom. The van der Waals surface area contributed by atoms with Gasteiger partial charge in [-0.3, -0.25) is 4.79 Å². The minimum atomic E-state index is -0.576. The van der Waals surface area contributed by atoms with Gasteiger partial charge >= 0.3 is 5.97 Å². The maximum atomic E-state index is 11.1. The second kappa shape index (κ2) is 7.79. The quantitative estimate of drug-likeness (QED) is 0.464. The Kier molecular flexibility index (Phi) is 6.32. The van der Waals surface area contributed by atoms with Gasteiger partial charge in [-0.25, -0.2) is 0 Å². The summed E-state index contributed by atoms with van der Waals surface area (Å²) in [6, 6.07) is 7.28. The second-order valence-electron chi connectivity index (χ2n) is 3.94. The molecule has 3 heteroatoms. The number of rotatable bonds is 4. The first-order chi connectivity index (χ1) is 8.65. The lowest BCUT2D eigenvalue weighted by molar-refractivity contribution is -0.144. The Morgan fingerprint density at radius 3 is 2.78 bits per heavy atom. The summed E-state index contributed by atoms with van der Waals surface area (Å²) >= 11 is 6.08. The number of halogens is 1. The molecule has 0 saturated heterocycles. The van der Waals surface area contributed by atoms with Gasteiger partial charge in [0.2, 0.25) is 0 Å². The van der Waals surface area contributed by atoms with E-state index in [2.05, 4.69) is 18.8 Å². The molecule has 0 aliphatic heterocycles. The van der Waals surface area contributed by atoms with Crippen LogP contribution < -0.4 is 0 Å². The van der Waals surface area contributed by atoms with Gasteiger partial charge in [0.25, 0.3) is 0 Å². The molecular weight excluding hydrogens is 248 g/mol. The van der Waals surface area contributed by atoms with Crippen LogP contribution in [0.1, 0.15) is 44.8 Å². The van der Waals surface area contributed by atoms with E-state index in [0.717, 1.165) is 24.8 Å². The average Bonchev–Trinajstić information content (AvgIpc) is 2.33. The predicted molar refractivity (Wildman–Crippen MR) is 73.3 cm³/mol. The number of carbonyl (C=O) groups excluding carboxylic acids is 1. The molecule has 0 N–H and O–H groups in total. The van der Waals surface area contributed by atoms with Crippen molar-refractivity contribution in [3.8, 4) is 11.8 Å². The van der Waals surface area contributed by atoms with Gasteiger partial charge in [-0.1, -0.05) is 55.0 Å². The molecule has 0 aliphatic carbocycles. The molecule has 0 aliphatic rings. The van der Waals surface area contributed by atoms with Crippen molar-refractivity contribution in [3.05, 3.63) is 34.9 Å². The molecular formula is C15H17ClO2. The fourth-order valence-electron chi connectivity index (χ4n) is 1.45. The largest absolute Gasteiger partial charge is 0.444 e. The lowest BCUT2D eigenvalue weighted by Gasteiger charge is -2.12. The lowest BCUT2D eigenvalue weighted by Crippen LogP contribution is -2.07. The molecule has 0 amide bonds. The molecule has 0 heterocycles. The molecule has 0 radical (unpaired) electrons. The third-order valence-corrected chi connectivity index (χ3v) is 2.70. The molecule has 0 fully saturated rings. The van der Waals surface area contributed by atoms with Crippen LogP contribution in [0.5, 0.6) is 0 Å². The van der Waals surface area contributed by atoms with E-state index in [9.17, 15) is 4.79 Å². The number of hydrogen-bond donors (Lipinski definition) is 0. The van der Waals surface area contributed by atoms with Crippen LogP contribution in [0, 0.1) is 11.8 Å². The second-order valence-corrected chi connectivity index (χ2v) is 4.34. The molecule has 2 nitrogen and oxygen atoms in total. The van der Waals surface area contributed by atoms with Crippen molar-refractivity contribution in [1.29, 1.82) is 0 Å². The van der Waals surface area contributed by atoms with E-state index in [-0.39, 0.29) is 5.97 Å². The van der Waals surface area contributed by atoms with Crippen LogP contribution in [-0.2, 0) is 9.53 Å². The summed E-state index contributed by atoms with van der Waals surface area (Å²) in [4.78, 5) is 11.1. The molecule has 96 valence electrons. The van der Waals surface area contributed by atoms with Gasteiger partial charge < -0.3 is 4.74 Å². The summed E-state index contributed by atoms with van der Waals surface area (Å²) in [5, 5.41) is 0.563. The molecule has 1 rings (SSSR count). The summed E-state index contributed by atoms with van der Waals surface area (Å²) in [5.41, 5.74) is 0.735. The van der Waals surface area contributed by atoms with Crippen LogP contribution in [0.2, 0.25) is 5.02 Å². The number of unbranched alkanes of at least 4 members (excludes halogenated alkanes) is 2. The van der Waals surface area contributed by atoms with E-state index < -0.39 is 6.10 Å². The van der Waals surface area contributed by atoms with Gasteiger partial charge in [0.1, 0.15) is 0 Å². The summed E-state index contributed by atoms with van der Waals surface area (Å²) in [5.74, 6) is 5.64. The van der Waals surface area contributed by atoms with Crippen molar-refractivity contribution >= 4 is 17.6 Å². The van der Waals surface area contributed by atoms with Crippen LogP contribution in [0.4, 0.5) is 0 Å². The summed E-state index contributed by atoms with van der Waals surface area (Å²) in [6.45, 7) is 3.48. The standard InChI is InChI=1S/C15H17ClO2/c1-3-4-5-6-11-15(18-12(2)17)13-9-7-8-10-14(13)16/h7-10,15H,3-5H2,1-2H3. The third kappa shape index (κ3) is 4.81. The zero-order valence-electron chi connectivity index (χ0n) is 10.7. The highest BCUT2D eigenvalue weighted by atomic mass is 35.5. The number of carbonyl (C=O) groups is 1. The zero-order valence-corrected chi connectivity index (χ0v) is 11.5. The van der Waals surface area contributed by atoms with Crippen molar-refractivity contribution in [2.45, 2.75) is 39.2 Å². The van der Waals surface area contributed by atoms with Crippen LogP contribution >= 0.6 is 11.6 Å². The molecule has 0 bridgehead atoms. The van der Waals surface area contributed by atoms with E-state index in [1.54, 1.807) is 6.07 Å². The predicted octanol–water partition coefficient (Wildman–Crippen LogP) is 4.14. The molecule has 0 spiro atoms. The van der Waals surface area contributed by atoms with Crippen molar-refractivity contribution in [1.82, 2.24) is 0 Å². The Morgan fingerprint density at radius 1 is 1.44 bits per heavy atom. The lowest BCUT2D eigenvalue weighted by atomic mass is 10.1. The van der Waals surface area contributed by atoms with E-state index >= 15 is 0 Å². The Balaban J connectivity index is 2.87. The maximum Gasteiger partial charge on any atom is 0.304 e. The van der Waals surface area contributed by atoms with Gasteiger partial charge in [0, 0.05) is 23.9 Å². The van der Waals surface area contributed by atoms with Crippen molar-refractivity contribution in [2.75, 3.05) is 0 Å². The Bertz CT molecular complexity index is 457. The number of esters is 1. The minimum Gasteiger partial charge on any atom is -0.444 e. The Hall–Kier alpha value is -1.46. The monoisotopic (exact) mass is 264 g/mol. The number of benzene rings is 1. The van der Waals surface area contributed by atoms with Crippen molar-refractivity contribution in [2.24, 2.45) is 0 Å². The highest BCUT2D eigenvalue weighted by Crippen LogP contribution is 2.25. The van der Waals surface area contributed by atoms with Crippen molar-refractivity contribution in [3.63, 3.8) is 0 Å². The van der Waals surface area contributed by atoms with Gasteiger partial charge in [-0.2, -0.15) is 0 Å². The van der Waals surface area contributed by atoms with Crippen LogP contribution in [0.15, 0.2) is 24.3 Å². The fraction of sp³-hybridized carbons (Fsp3) is 0.400. The summed E-state index contributed by atoms with van der Waals surface area (Å²) < 4.78 is 5.20. The molecule has 0 saturated carbocycles. The van der Waals surface area contributed by atoms with E-state index in [1.165, 1.54) is 6.92 Å². The van der Waals surface area contributed by atoms with E-state index in [1.807, 2.05) is 18.2 Å². The van der Waals surface area contributed by atoms with Crippen molar-refractivity contribution < 1.29 is 9.53 Å². The highest BCUT2D eigenvalue weighted by Gasteiger charge is 2.14. The SMILES string of the molecule is CCCCC#CC(OC(C)=O)c1ccccc1Cl. The van der Waals surface area contributed by atoms with Gasteiger partial charge in [0.05, 0.1) is 0 Å². The summed E-state index contributed by atoms with van der Waals surface area (Å²) in [6.07, 6.45) is 2.37. The highest BCUT2D eigenvalue weighted by molar-refractivity contribution is 6.31. The van der Waals surface area contributed by atoms with Crippen LogP contribution in [0.25, 0.3) is 0 Å². The van der Waals surface area contributed by atoms with Crippen LogP contribution in [-0.4, -0.2) is 5.97 Å². The molecule has 1 unspecified atom stereocenters. The normalized spacial score (nSPS) is 11.3. The zero-order chi connectivity index (χ0) is 13.4. The number of ether oxygens (including phenoxy) is 1. The molecule has 1 aromatic carbocycles. The van der Waals surface area contributed by atoms with Gasteiger partial charge in [0.15, 0.2) is 6.10 Å². The molecule has 1 atom stereocenters. The van der Waals surface area contributed by atoms with Gasteiger partial charge in [-0.15, -0.1) is 0 Å². The average molecular weight is 265 g/mol. The van der Waals surface area contributed by atoms with E-state index in [0.29, 0.717) is 5.02 Å². The summed E-state index contributed by atoms with van der Waals surface area (Å²) in [7, 11) is 0. The van der Waals surface area contributed by atoms with E-state index in [4.69, 9.17) is 16.3 Å². The topological polar surface area (TPSA) is 26.3 Å². The molecule has 1 aromatic rings. The Labute approximate surface area is 113 Å². The maximum absolute atomic E-state index is 11.1. The van der Waals surface area contributed by atoms with Gasteiger partial charge in [-0.05, 0) is 12.5 Å². The van der Waals surface area contributed by atoms with Crippen LogP contribution in [0.3, 0.4) is 0 Å². The third-order valence-electron chi connectivity index (χ3n) is 2.36. The molecule has 0 aromatic heterocycles. The first-order valence-electron chi connectivity index (χ1n) is 6.05. The fourth-order valence-corrected chi connectivity index (χ4v) is 1.69.